The zero-order chi connectivity index (χ0) is 10.7. The van der Waals surface area contributed by atoms with Crippen molar-refractivity contribution in [1.29, 1.82) is 0 Å². The first-order valence-electron chi connectivity index (χ1n) is 5.45. The number of hydrogen-bond acceptors (Lipinski definition) is 2. The summed E-state index contributed by atoms with van der Waals surface area (Å²) in [5, 5.41) is 3.38. The highest BCUT2D eigenvalue weighted by molar-refractivity contribution is 5.17. The summed E-state index contributed by atoms with van der Waals surface area (Å²) in [5.74, 6) is -0.0938. The largest absolute Gasteiger partial charge is 0.312 e. The van der Waals surface area contributed by atoms with Gasteiger partial charge in [-0.3, -0.25) is 4.90 Å². The number of nitrogens with one attached hydrogen (secondary N) is 1. The van der Waals surface area contributed by atoms with Gasteiger partial charge >= 0.3 is 0 Å². The van der Waals surface area contributed by atoms with Gasteiger partial charge in [0.15, 0.2) is 0 Å². The van der Waals surface area contributed by atoms with Crippen LogP contribution in [0.25, 0.3) is 0 Å². The van der Waals surface area contributed by atoms with Crippen LogP contribution < -0.4 is 5.32 Å². The Morgan fingerprint density at radius 2 is 2.27 bits per heavy atom. The van der Waals surface area contributed by atoms with Crippen molar-refractivity contribution < 1.29 is 4.39 Å². The molecule has 1 aliphatic rings. The number of hydrogen-bond donors (Lipinski definition) is 1. The summed E-state index contributed by atoms with van der Waals surface area (Å²) in [6.45, 7) is 5.87. The van der Waals surface area contributed by atoms with Gasteiger partial charge in [-0.15, -0.1) is 0 Å². The highest BCUT2D eigenvalue weighted by Crippen LogP contribution is 2.11. The predicted octanol–water partition coefficient (Wildman–Crippen LogP) is 1.62. The van der Waals surface area contributed by atoms with Crippen molar-refractivity contribution in [3.05, 3.63) is 35.6 Å². The SMILES string of the molecule is C[C@H]1CN(Cc2ccccc2F)CCN1. The molecule has 1 N–H and O–H groups in total. The molecule has 0 amide bonds. The lowest BCUT2D eigenvalue weighted by Crippen LogP contribution is -2.48. The average molecular weight is 208 g/mol. The minimum atomic E-state index is -0.0938. The quantitative estimate of drug-likeness (QED) is 0.794. The second-order valence-electron chi connectivity index (χ2n) is 4.18. The van der Waals surface area contributed by atoms with Gasteiger partial charge in [0.2, 0.25) is 0 Å². The zero-order valence-corrected chi connectivity index (χ0v) is 9.04. The van der Waals surface area contributed by atoms with E-state index >= 15 is 0 Å². The van der Waals surface area contributed by atoms with Gasteiger partial charge in [0, 0.05) is 37.8 Å². The second kappa shape index (κ2) is 4.73. The topological polar surface area (TPSA) is 15.3 Å². The third kappa shape index (κ3) is 2.76. The molecule has 0 aromatic heterocycles. The Kier molecular flexibility index (Phi) is 3.34. The van der Waals surface area contributed by atoms with Crippen molar-refractivity contribution in [3.8, 4) is 0 Å². The number of nitrogens with zero attached hydrogens (tertiary/aromatic N) is 1. The van der Waals surface area contributed by atoms with Crippen LogP contribution in [0.1, 0.15) is 12.5 Å². The van der Waals surface area contributed by atoms with Crippen LogP contribution in [0.5, 0.6) is 0 Å². The molecule has 2 rings (SSSR count). The zero-order valence-electron chi connectivity index (χ0n) is 9.04. The summed E-state index contributed by atoms with van der Waals surface area (Å²) >= 11 is 0. The highest BCUT2D eigenvalue weighted by atomic mass is 19.1. The molecule has 3 heteroatoms. The predicted molar refractivity (Wildman–Crippen MR) is 59.1 cm³/mol. The van der Waals surface area contributed by atoms with Gasteiger partial charge in [-0.05, 0) is 13.0 Å². The van der Waals surface area contributed by atoms with Gasteiger partial charge in [-0.1, -0.05) is 18.2 Å². The van der Waals surface area contributed by atoms with E-state index in [-0.39, 0.29) is 5.82 Å². The van der Waals surface area contributed by atoms with E-state index in [0.29, 0.717) is 6.04 Å². The lowest BCUT2D eigenvalue weighted by Gasteiger charge is -2.31. The third-order valence-corrected chi connectivity index (χ3v) is 2.80. The minimum Gasteiger partial charge on any atom is -0.312 e. The van der Waals surface area contributed by atoms with Gasteiger partial charge < -0.3 is 5.32 Å². The van der Waals surface area contributed by atoms with Crippen LogP contribution in [0.2, 0.25) is 0 Å². The molecular formula is C12H17FN2. The molecule has 1 aliphatic heterocycles. The average Bonchev–Trinajstić information content (AvgIpc) is 2.22. The van der Waals surface area contributed by atoms with Crippen LogP contribution in [0, 0.1) is 5.82 Å². The molecular weight excluding hydrogens is 191 g/mol. The van der Waals surface area contributed by atoms with E-state index in [1.165, 1.54) is 6.07 Å². The fraction of sp³-hybridized carbons (Fsp3) is 0.500. The van der Waals surface area contributed by atoms with Crippen LogP contribution in [0.4, 0.5) is 4.39 Å². The molecule has 1 saturated heterocycles. The van der Waals surface area contributed by atoms with Crippen molar-refractivity contribution in [3.63, 3.8) is 0 Å². The Morgan fingerprint density at radius 1 is 1.47 bits per heavy atom. The molecule has 82 valence electrons. The number of benzene rings is 1. The summed E-state index contributed by atoms with van der Waals surface area (Å²) in [6.07, 6.45) is 0. The van der Waals surface area contributed by atoms with Gasteiger partial charge in [0.25, 0.3) is 0 Å². The summed E-state index contributed by atoms with van der Waals surface area (Å²) in [4.78, 5) is 2.29. The molecule has 1 aromatic carbocycles. The molecule has 0 aliphatic carbocycles. The molecule has 1 atom stereocenters. The lowest BCUT2D eigenvalue weighted by atomic mass is 10.1. The van der Waals surface area contributed by atoms with Gasteiger partial charge in [0.1, 0.15) is 5.82 Å². The van der Waals surface area contributed by atoms with Crippen molar-refractivity contribution in [2.24, 2.45) is 0 Å². The maximum Gasteiger partial charge on any atom is 0.127 e. The van der Waals surface area contributed by atoms with Gasteiger partial charge in [-0.2, -0.15) is 0 Å². The molecule has 1 aromatic rings. The maximum absolute atomic E-state index is 13.4. The van der Waals surface area contributed by atoms with E-state index in [1.54, 1.807) is 6.07 Å². The van der Waals surface area contributed by atoms with Crippen LogP contribution in [-0.4, -0.2) is 30.6 Å². The Bertz CT molecular complexity index is 327. The molecule has 0 unspecified atom stereocenters. The fourth-order valence-electron chi connectivity index (χ4n) is 2.02. The first-order chi connectivity index (χ1) is 7.25. The first-order valence-corrected chi connectivity index (χ1v) is 5.45. The molecule has 15 heavy (non-hydrogen) atoms. The summed E-state index contributed by atoms with van der Waals surface area (Å²) in [5.41, 5.74) is 0.798. The standard InChI is InChI=1S/C12H17FN2/c1-10-8-15(7-6-14-10)9-11-4-2-3-5-12(11)13/h2-5,10,14H,6-9H2,1H3/t10-/m0/s1. The molecule has 0 spiro atoms. The van der Waals surface area contributed by atoms with E-state index in [2.05, 4.69) is 17.1 Å². The van der Waals surface area contributed by atoms with E-state index in [9.17, 15) is 4.39 Å². The number of halogens is 1. The maximum atomic E-state index is 13.4. The molecule has 2 nitrogen and oxygen atoms in total. The van der Waals surface area contributed by atoms with Crippen LogP contribution in [0.3, 0.4) is 0 Å². The Labute approximate surface area is 90.1 Å². The van der Waals surface area contributed by atoms with Crippen molar-refractivity contribution in [1.82, 2.24) is 10.2 Å². The molecule has 1 fully saturated rings. The van der Waals surface area contributed by atoms with E-state index in [1.807, 2.05) is 12.1 Å². The van der Waals surface area contributed by atoms with Crippen LogP contribution >= 0.6 is 0 Å². The van der Waals surface area contributed by atoms with E-state index < -0.39 is 0 Å². The number of piperazine rings is 1. The summed E-state index contributed by atoms with van der Waals surface area (Å²) in [6, 6.07) is 7.53. The third-order valence-electron chi connectivity index (χ3n) is 2.80. The van der Waals surface area contributed by atoms with E-state index in [4.69, 9.17) is 0 Å². The van der Waals surface area contributed by atoms with Gasteiger partial charge in [0.05, 0.1) is 0 Å². The lowest BCUT2D eigenvalue weighted by molar-refractivity contribution is 0.197. The Hall–Kier alpha value is -0.930. The molecule has 0 saturated carbocycles. The van der Waals surface area contributed by atoms with Crippen molar-refractivity contribution in [2.45, 2.75) is 19.5 Å². The normalized spacial score (nSPS) is 22.9. The monoisotopic (exact) mass is 208 g/mol. The van der Waals surface area contributed by atoms with Crippen LogP contribution in [0.15, 0.2) is 24.3 Å². The molecule has 0 bridgehead atoms. The van der Waals surface area contributed by atoms with Crippen molar-refractivity contribution >= 4 is 0 Å². The number of rotatable bonds is 2. The summed E-state index contributed by atoms with van der Waals surface area (Å²) < 4.78 is 13.4. The molecule has 1 heterocycles. The minimum absolute atomic E-state index is 0.0938. The second-order valence-corrected chi connectivity index (χ2v) is 4.18. The smallest absolute Gasteiger partial charge is 0.127 e. The van der Waals surface area contributed by atoms with Crippen molar-refractivity contribution in [2.75, 3.05) is 19.6 Å². The van der Waals surface area contributed by atoms with Gasteiger partial charge in [-0.25, -0.2) is 4.39 Å². The van der Waals surface area contributed by atoms with Crippen LogP contribution in [-0.2, 0) is 6.54 Å². The Balaban J connectivity index is 1.99. The highest BCUT2D eigenvalue weighted by Gasteiger charge is 2.16. The summed E-state index contributed by atoms with van der Waals surface area (Å²) in [7, 11) is 0. The fourth-order valence-corrected chi connectivity index (χ4v) is 2.02. The Morgan fingerprint density at radius 3 is 3.00 bits per heavy atom. The first kappa shape index (κ1) is 10.6. The van der Waals surface area contributed by atoms with E-state index in [0.717, 1.165) is 31.7 Å². The molecule has 0 radical (unpaired) electrons.